The first-order chi connectivity index (χ1) is 11.1. The number of fused-ring (bicyclic) bond motifs is 1. The van der Waals surface area contributed by atoms with Crippen LogP contribution in [-0.2, 0) is 12.8 Å². The van der Waals surface area contributed by atoms with E-state index in [-0.39, 0.29) is 42.5 Å². The van der Waals surface area contributed by atoms with E-state index in [9.17, 15) is 0 Å². The zero-order valence-corrected chi connectivity index (χ0v) is 17.5. The molecule has 0 aromatic heterocycles. The molecule has 136 valence electrons. The summed E-state index contributed by atoms with van der Waals surface area (Å²) in [6.45, 7) is 7.87. The second-order valence-electron chi connectivity index (χ2n) is 6.61. The summed E-state index contributed by atoms with van der Waals surface area (Å²) in [5, 5.41) is 15.9. The first-order valence-corrected chi connectivity index (χ1v) is 8.91. The van der Waals surface area contributed by atoms with Gasteiger partial charge in [-0.05, 0) is 62.1 Å². The first-order valence-electron chi connectivity index (χ1n) is 8.91. The Labute approximate surface area is 163 Å². The Balaban J connectivity index is 0.00000288. The molecular formula is C19H32IN3O. The minimum Gasteiger partial charge on any atom is -0.396 e. The number of aliphatic imine (C=N–C) groups is 1. The summed E-state index contributed by atoms with van der Waals surface area (Å²) < 4.78 is 0. The van der Waals surface area contributed by atoms with Crippen LogP contribution < -0.4 is 10.6 Å². The van der Waals surface area contributed by atoms with Gasteiger partial charge in [-0.1, -0.05) is 25.1 Å². The number of hydrogen-bond acceptors (Lipinski definition) is 2. The number of guanidine groups is 1. The van der Waals surface area contributed by atoms with Gasteiger partial charge in [-0.3, -0.25) is 4.99 Å². The number of halogens is 1. The van der Waals surface area contributed by atoms with E-state index in [1.807, 2.05) is 6.92 Å². The maximum atomic E-state index is 9.14. The van der Waals surface area contributed by atoms with Crippen molar-refractivity contribution in [3.8, 4) is 0 Å². The summed E-state index contributed by atoms with van der Waals surface area (Å²) in [5.41, 5.74) is 4.34. The molecule has 3 N–H and O–H groups in total. The molecule has 0 fully saturated rings. The molecule has 1 aliphatic carbocycles. The van der Waals surface area contributed by atoms with E-state index in [4.69, 9.17) is 5.11 Å². The fourth-order valence-electron chi connectivity index (χ4n) is 2.94. The molecule has 2 atom stereocenters. The normalized spacial score (nSPS) is 16.6. The number of aliphatic hydroxyl groups excluding tert-OH is 1. The van der Waals surface area contributed by atoms with Crippen molar-refractivity contribution >= 4 is 29.9 Å². The van der Waals surface area contributed by atoms with Crippen molar-refractivity contribution in [3.63, 3.8) is 0 Å². The Bertz CT molecular complexity index is 533. The van der Waals surface area contributed by atoms with Crippen LogP contribution in [0.15, 0.2) is 23.2 Å². The van der Waals surface area contributed by atoms with Gasteiger partial charge in [0, 0.05) is 19.7 Å². The monoisotopic (exact) mass is 445 g/mol. The predicted octanol–water partition coefficient (Wildman–Crippen LogP) is 3.43. The van der Waals surface area contributed by atoms with Gasteiger partial charge in [0.25, 0.3) is 0 Å². The molecule has 0 saturated heterocycles. The lowest BCUT2D eigenvalue weighted by atomic mass is 9.89. The summed E-state index contributed by atoms with van der Waals surface area (Å²) in [6.07, 6.45) is 5.06. The van der Waals surface area contributed by atoms with Crippen LogP contribution in [0.1, 0.15) is 56.3 Å². The predicted molar refractivity (Wildman–Crippen MR) is 112 cm³/mol. The Morgan fingerprint density at radius 3 is 2.58 bits per heavy atom. The SMILES string of the molecule is CCNC(=NCC(C)CO)NC(C)c1ccc2c(c1)CCCC2.I. The molecule has 4 nitrogen and oxygen atoms in total. The minimum atomic E-state index is 0. The third kappa shape index (κ3) is 6.24. The minimum absolute atomic E-state index is 0. The van der Waals surface area contributed by atoms with Gasteiger partial charge in [-0.15, -0.1) is 24.0 Å². The van der Waals surface area contributed by atoms with E-state index >= 15 is 0 Å². The molecule has 5 heteroatoms. The zero-order chi connectivity index (χ0) is 16.7. The van der Waals surface area contributed by atoms with Crippen molar-refractivity contribution in [1.29, 1.82) is 0 Å². The molecule has 0 aliphatic heterocycles. The van der Waals surface area contributed by atoms with Crippen molar-refractivity contribution in [2.45, 2.75) is 52.5 Å². The highest BCUT2D eigenvalue weighted by Gasteiger charge is 2.13. The molecular weight excluding hydrogens is 413 g/mol. The van der Waals surface area contributed by atoms with Crippen LogP contribution in [0.25, 0.3) is 0 Å². The van der Waals surface area contributed by atoms with Crippen molar-refractivity contribution in [2.75, 3.05) is 19.7 Å². The molecule has 2 rings (SSSR count). The van der Waals surface area contributed by atoms with Gasteiger partial charge in [0.05, 0.1) is 6.04 Å². The average Bonchev–Trinajstić information content (AvgIpc) is 2.59. The van der Waals surface area contributed by atoms with Gasteiger partial charge >= 0.3 is 0 Å². The maximum absolute atomic E-state index is 9.14. The number of aliphatic hydroxyl groups is 1. The van der Waals surface area contributed by atoms with Crippen molar-refractivity contribution < 1.29 is 5.11 Å². The van der Waals surface area contributed by atoms with Gasteiger partial charge in [0.1, 0.15) is 0 Å². The Morgan fingerprint density at radius 2 is 1.92 bits per heavy atom. The standard InChI is InChI=1S/C19H31N3O.HI/c1-4-20-19(21-12-14(2)13-23)22-15(3)17-10-9-16-7-5-6-8-18(16)11-17;/h9-11,14-15,23H,4-8,12-13H2,1-3H3,(H2,20,21,22);1H. The number of aryl methyl sites for hydroxylation is 2. The fraction of sp³-hybridized carbons (Fsp3) is 0.632. The third-order valence-corrected chi connectivity index (χ3v) is 4.44. The first kappa shape index (κ1) is 21.2. The highest BCUT2D eigenvalue weighted by atomic mass is 127. The maximum Gasteiger partial charge on any atom is 0.191 e. The van der Waals surface area contributed by atoms with Crippen LogP contribution in [0, 0.1) is 5.92 Å². The van der Waals surface area contributed by atoms with E-state index in [0.29, 0.717) is 6.54 Å². The molecule has 0 amide bonds. The Morgan fingerprint density at radius 1 is 1.21 bits per heavy atom. The lowest BCUT2D eigenvalue weighted by molar-refractivity contribution is 0.241. The fourth-order valence-corrected chi connectivity index (χ4v) is 2.94. The van der Waals surface area contributed by atoms with Crippen molar-refractivity contribution in [2.24, 2.45) is 10.9 Å². The molecule has 2 unspecified atom stereocenters. The number of hydrogen-bond donors (Lipinski definition) is 3. The summed E-state index contributed by atoms with van der Waals surface area (Å²) in [4.78, 5) is 4.57. The molecule has 1 aromatic carbocycles. The van der Waals surface area contributed by atoms with Gasteiger partial charge in [0.2, 0.25) is 0 Å². The highest BCUT2D eigenvalue weighted by Crippen LogP contribution is 2.24. The quantitative estimate of drug-likeness (QED) is 0.357. The summed E-state index contributed by atoms with van der Waals surface area (Å²) >= 11 is 0. The van der Waals surface area contributed by atoms with Crippen molar-refractivity contribution in [3.05, 3.63) is 34.9 Å². The topological polar surface area (TPSA) is 56.7 Å². The second kappa shape index (κ2) is 10.9. The third-order valence-electron chi connectivity index (χ3n) is 4.44. The average molecular weight is 445 g/mol. The molecule has 1 aliphatic rings. The number of rotatable bonds is 6. The zero-order valence-electron chi connectivity index (χ0n) is 15.1. The number of benzene rings is 1. The van der Waals surface area contributed by atoms with E-state index in [1.54, 1.807) is 0 Å². The second-order valence-corrected chi connectivity index (χ2v) is 6.61. The van der Waals surface area contributed by atoms with Gasteiger partial charge in [-0.2, -0.15) is 0 Å². The Hall–Kier alpha value is -0.820. The van der Waals surface area contributed by atoms with E-state index in [1.165, 1.54) is 42.4 Å². The summed E-state index contributed by atoms with van der Waals surface area (Å²) in [7, 11) is 0. The molecule has 0 heterocycles. The van der Waals surface area contributed by atoms with Crippen molar-refractivity contribution in [1.82, 2.24) is 10.6 Å². The highest BCUT2D eigenvalue weighted by molar-refractivity contribution is 14.0. The molecule has 24 heavy (non-hydrogen) atoms. The molecule has 0 spiro atoms. The Kier molecular flexibility index (Phi) is 9.66. The van der Waals surface area contributed by atoms with Crippen LogP contribution in [0.5, 0.6) is 0 Å². The lowest BCUT2D eigenvalue weighted by Gasteiger charge is -2.22. The largest absolute Gasteiger partial charge is 0.396 e. The van der Waals surface area contributed by atoms with Crippen LogP contribution in [0.2, 0.25) is 0 Å². The van der Waals surface area contributed by atoms with Gasteiger partial charge in [0.15, 0.2) is 5.96 Å². The van der Waals surface area contributed by atoms with Crippen LogP contribution >= 0.6 is 24.0 Å². The van der Waals surface area contributed by atoms with E-state index in [2.05, 4.69) is 47.7 Å². The van der Waals surface area contributed by atoms with Crippen LogP contribution in [0.4, 0.5) is 0 Å². The van der Waals surface area contributed by atoms with Crippen LogP contribution in [-0.4, -0.2) is 30.8 Å². The molecule has 0 bridgehead atoms. The van der Waals surface area contributed by atoms with Gasteiger partial charge < -0.3 is 15.7 Å². The molecule has 1 aromatic rings. The van der Waals surface area contributed by atoms with E-state index in [0.717, 1.165) is 12.5 Å². The van der Waals surface area contributed by atoms with E-state index < -0.39 is 0 Å². The van der Waals surface area contributed by atoms with Crippen LogP contribution in [0.3, 0.4) is 0 Å². The molecule has 0 radical (unpaired) electrons. The molecule has 0 saturated carbocycles. The number of nitrogens with zero attached hydrogens (tertiary/aromatic N) is 1. The summed E-state index contributed by atoms with van der Waals surface area (Å²) in [5.74, 6) is 1.00. The smallest absolute Gasteiger partial charge is 0.191 e. The van der Waals surface area contributed by atoms with Gasteiger partial charge in [-0.25, -0.2) is 0 Å². The lowest BCUT2D eigenvalue weighted by Crippen LogP contribution is -2.39. The number of nitrogens with one attached hydrogen (secondary N) is 2. The summed E-state index contributed by atoms with van der Waals surface area (Å²) in [6, 6.07) is 7.10.